The van der Waals surface area contributed by atoms with Gasteiger partial charge in [0.2, 0.25) is 5.91 Å². The minimum atomic E-state index is -0.257. The summed E-state index contributed by atoms with van der Waals surface area (Å²) in [7, 11) is 5.86. The van der Waals surface area contributed by atoms with Gasteiger partial charge in [-0.3, -0.25) is 9.69 Å². The predicted molar refractivity (Wildman–Crippen MR) is 66.4 cm³/mol. The molecule has 5 nitrogen and oxygen atoms in total. The maximum atomic E-state index is 12.1. The SMILES string of the molecule is CN(C)CCN1CCCN(C)C(=O)C1CC#N. The second-order valence-electron chi connectivity index (χ2n) is 4.83. The summed E-state index contributed by atoms with van der Waals surface area (Å²) in [6.45, 7) is 3.45. The third-order valence-corrected chi connectivity index (χ3v) is 3.16. The van der Waals surface area contributed by atoms with Gasteiger partial charge in [-0.25, -0.2) is 0 Å². The summed E-state index contributed by atoms with van der Waals surface area (Å²) in [6, 6.07) is 1.87. The Morgan fingerprint density at radius 2 is 2.18 bits per heavy atom. The van der Waals surface area contributed by atoms with Crippen molar-refractivity contribution in [2.75, 3.05) is 47.3 Å². The number of hydrogen-bond donors (Lipinski definition) is 0. The van der Waals surface area contributed by atoms with Crippen LogP contribution in [0.5, 0.6) is 0 Å². The molecule has 0 aliphatic carbocycles. The zero-order valence-corrected chi connectivity index (χ0v) is 11.0. The third kappa shape index (κ3) is 3.99. The summed E-state index contributed by atoms with van der Waals surface area (Å²) in [5.41, 5.74) is 0. The molecule has 1 aliphatic heterocycles. The molecule has 0 radical (unpaired) electrons. The minimum absolute atomic E-state index is 0.0859. The molecule has 1 fully saturated rings. The van der Waals surface area contributed by atoms with Gasteiger partial charge in [0.15, 0.2) is 0 Å². The van der Waals surface area contributed by atoms with Crippen LogP contribution in [0.4, 0.5) is 0 Å². The quantitative estimate of drug-likeness (QED) is 0.691. The molecule has 1 amide bonds. The van der Waals surface area contributed by atoms with Gasteiger partial charge in [-0.2, -0.15) is 5.26 Å². The van der Waals surface area contributed by atoms with E-state index in [9.17, 15) is 4.79 Å². The molecular formula is C12H22N4O. The van der Waals surface area contributed by atoms with E-state index in [2.05, 4.69) is 15.9 Å². The molecular weight excluding hydrogens is 216 g/mol. The standard InChI is InChI=1S/C12H22N4O/c1-14(2)9-10-16-8-4-7-15(3)12(17)11(16)5-6-13/h11H,4-5,7-10H2,1-3H3. The summed E-state index contributed by atoms with van der Waals surface area (Å²) in [5, 5.41) is 8.85. The van der Waals surface area contributed by atoms with Crippen molar-refractivity contribution in [2.45, 2.75) is 18.9 Å². The molecule has 0 N–H and O–H groups in total. The van der Waals surface area contributed by atoms with Gasteiger partial charge in [0, 0.05) is 33.2 Å². The van der Waals surface area contributed by atoms with Crippen LogP contribution in [0, 0.1) is 11.3 Å². The fraction of sp³-hybridized carbons (Fsp3) is 0.833. The Hall–Kier alpha value is -1.12. The molecule has 0 saturated carbocycles. The van der Waals surface area contributed by atoms with Crippen LogP contribution in [0.25, 0.3) is 0 Å². The van der Waals surface area contributed by atoms with Crippen LogP contribution in [-0.4, -0.2) is 74.0 Å². The fourth-order valence-corrected chi connectivity index (χ4v) is 2.09. The molecule has 1 heterocycles. The molecule has 1 rings (SSSR count). The lowest BCUT2D eigenvalue weighted by atomic mass is 10.1. The van der Waals surface area contributed by atoms with E-state index in [1.807, 2.05) is 21.1 Å². The van der Waals surface area contributed by atoms with Crippen molar-refractivity contribution in [3.8, 4) is 6.07 Å². The summed E-state index contributed by atoms with van der Waals surface area (Å²) < 4.78 is 0. The highest BCUT2D eigenvalue weighted by Crippen LogP contribution is 2.13. The van der Waals surface area contributed by atoms with Crippen molar-refractivity contribution >= 4 is 5.91 Å². The molecule has 0 bridgehead atoms. The summed E-state index contributed by atoms with van der Waals surface area (Å²) >= 11 is 0. The van der Waals surface area contributed by atoms with E-state index in [0.717, 1.165) is 32.6 Å². The Labute approximate surface area is 104 Å². The van der Waals surface area contributed by atoms with E-state index >= 15 is 0 Å². The van der Waals surface area contributed by atoms with Gasteiger partial charge in [0.05, 0.1) is 12.5 Å². The molecule has 1 aliphatic rings. The summed E-state index contributed by atoms with van der Waals surface area (Å²) in [6.07, 6.45) is 1.27. The van der Waals surface area contributed by atoms with Crippen LogP contribution in [0.2, 0.25) is 0 Å². The number of nitriles is 1. The Morgan fingerprint density at radius 3 is 2.76 bits per heavy atom. The molecule has 0 spiro atoms. The highest BCUT2D eigenvalue weighted by Gasteiger charge is 2.30. The average Bonchev–Trinajstić information content (AvgIpc) is 2.40. The molecule has 0 aromatic heterocycles. The number of amides is 1. The Morgan fingerprint density at radius 1 is 1.47 bits per heavy atom. The van der Waals surface area contributed by atoms with Crippen molar-refractivity contribution in [2.24, 2.45) is 0 Å². The lowest BCUT2D eigenvalue weighted by molar-refractivity contribution is -0.134. The molecule has 1 atom stereocenters. The first-order valence-corrected chi connectivity index (χ1v) is 6.07. The second-order valence-corrected chi connectivity index (χ2v) is 4.83. The monoisotopic (exact) mass is 238 g/mol. The lowest BCUT2D eigenvalue weighted by Gasteiger charge is -2.28. The van der Waals surface area contributed by atoms with Crippen LogP contribution in [0.15, 0.2) is 0 Å². The van der Waals surface area contributed by atoms with Crippen LogP contribution in [0.1, 0.15) is 12.8 Å². The van der Waals surface area contributed by atoms with Gasteiger partial charge in [-0.1, -0.05) is 0 Å². The fourth-order valence-electron chi connectivity index (χ4n) is 2.09. The molecule has 96 valence electrons. The van der Waals surface area contributed by atoms with E-state index < -0.39 is 0 Å². The van der Waals surface area contributed by atoms with E-state index in [0.29, 0.717) is 0 Å². The summed E-state index contributed by atoms with van der Waals surface area (Å²) in [4.78, 5) is 18.1. The highest BCUT2D eigenvalue weighted by atomic mass is 16.2. The number of nitrogens with zero attached hydrogens (tertiary/aromatic N) is 4. The first kappa shape index (κ1) is 13.9. The third-order valence-electron chi connectivity index (χ3n) is 3.16. The highest BCUT2D eigenvalue weighted by molar-refractivity contribution is 5.82. The van der Waals surface area contributed by atoms with Crippen molar-refractivity contribution in [1.82, 2.24) is 14.7 Å². The Balaban J connectivity index is 2.70. The topological polar surface area (TPSA) is 50.6 Å². The first-order valence-electron chi connectivity index (χ1n) is 6.07. The van der Waals surface area contributed by atoms with E-state index in [1.165, 1.54) is 0 Å². The van der Waals surface area contributed by atoms with Crippen LogP contribution in [0.3, 0.4) is 0 Å². The number of hydrogen-bond acceptors (Lipinski definition) is 4. The van der Waals surface area contributed by atoms with Crippen molar-refractivity contribution in [3.63, 3.8) is 0 Å². The first-order chi connectivity index (χ1) is 8.06. The zero-order chi connectivity index (χ0) is 12.8. The minimum Gasteiger partial charge on any atom is -0.344 e. The van der Waals surface area contributed by atoms with Crippen molar-refractivity contribution < 1.29 is 4.79 Å². The van der Waals surface area contributed by atoms with Gasteiger partial charge in [-0.15, -0.1) is 0 Å². The van der Waals surface area contributed by atoms with E-state index in [1.54, 1.807) is 4.90 Å². The molecule has 1 unspecified atom stereocenters. The van der Waals surface area contributed by atoms with Crippen LogP contribution < -0.4 is 0 Å². The number of carbonyl (C=O) groups excluding carboxylic acids is 1. The van der Waals surface area contributed by atoms with Gasteiger partial charge in [-0.05, 0) is 20.5 Å². The van der Waals surface area contributed by atoms with Crippen LogP contribution >= 0.6 is 0 Å². The largest absolute Gasteiger partial charge is 0.344 e. The van der Waals surface area contributed by atoms with Gasteiger partial charge in [0.25, 0.3) is 0 Å². The lowest BCUT2D eigenvalue weighted by Crippen LogP contribution is -2.46. The predicted octanol–water partition coefficient (Wildman–Crippen LogP) is -0.00562. The summed E-state index contributed by atoms with van der Waals surface area (Å²) in [5.74, 6) is 0.0859. The number of carbonyl (C=O) groups is 1. The van der Waals surface area contributed by atoms with Gasteiger partial charge in [0.1, 0.15) is 6.04 Å². The zero-order valence-electron chi connectivity index (χ0n) is 11.0. The molecule has 5 heteroatoms. The molecule has 1 saturated heterocycles. The van der Waals surface area contributed by atoms with E-state index in [-0.39, 0.29) is 18.4 Å². The average molecular weight is 238 g/mol. The normalized spacial score (nSPS) is 22.6. The molecule has 0 aromatic carbocycles. The second kappa shape index (κ2) is 6.58. The molecule has 0 aromatic rings. The van der Waals surface area contributed by atoms with E-state index in [4.69, 9.17) is 5.26 Å². The maximum absolute atomic E-state index is 12.1. The van der Waals surface area contributed by atoms with Gasteiger partial charge < -0.3 is 9.80 Å². The van der Waals surface area contributed by atoms with Crippen molar-refractivity contribution in [1.29, 1.82) is 5.26 Å². The maximum Gasteiger partial charge on any atom is 0.240 e. The van der Waals surface area contributed by atoms with Crippen LogP contribution in [-0.2, 0) is 4.79 Å². The van der Waals surface area contributed by atoms with Crippen molar-refractivity contribution in [3.05, 3.63) is 0 Å². The smallest absolute Gasteiger partial charge is 0.240 e. The van der Waals surface area contributed by atoms with Gasteiger partial charge >= 0.3 is 0 Å². The Kier molecular flexibility index (Phi) is 5.39. The molecule has 17 heavy (non-hydrogen) atoms. The number of rotatable bonds is 4. The Bertz CT molecular complexity index is 297. The number of likely N-dealkylation sites (N-methyl/N-ethyl adjacent to an activating group) is 2.